The Morgan fingerprint density at radius 1 is 1.11 bits per heavy atom. The largest absolute Gasteiger partial charge is 0.490 e. The second-order valence-electron chi connectivity index (χ2n) is 11.8. The lowest BCUT2D eigenvalue weighted by Crippen LogP contribution is -2.48. The van der Waals surface area contributed by atoms with Crippen molar-refractivity contribution in [2.75, 3.05) is 38.1 Å². The molecule has 0 aliphatic carbocycles. The van der Waals surface area contributed by atoms with Crippen LogP contribution in [0.25, 0.3) is 0 Å². The molecule has 4 atom stereocenters. The summed E-state index contributed by atoms with van der Waals surface area (Å²) in [6.45, 7) is 5.70. The van der Waals surface area contributed by atoms with Crippen LogP contribution in [0.3, 0.4) is 0 Å². The Kier molecular flexibility index (Phi) is 12.7. The van der Waals surface area contributed by atoms with E-state index in [2.05, 4.69) is 4.72 Å². The van der Waals surface area contributed by atoms with Crippen LogP contribution in [0.5, 0.6) is 5.75 Å². The van der Waals surface area contributed by atoms with Crippen molar-refractivity contribution in [1.29, 1.82) is 0 Å². The van der Waals surface area contributed by atoms with Crippen molar-refractivity contribution in [2.24, 2.45) is 5.92 Å². The molecule has 1 aliphatic rings. The molecule has 0 unspecified atom stereocenters. The van der Waals surface area contributed by atoms with Crippen LogP contribution in [0.4, 0.5) is 5.69 Å². The Hall–Kier alpha value is -2.72. The molecular weight excluding hydrogens is 686 g/mol. The highest BCUT2D eigenvalue weighted by molar-refractivity contribution is 7.92. The number of aliphatic hydroxyl groups excluding tert-OH is 1. The zero-order valence-corrected chi connectivity index (χ0v) is 30.0. The molecule has 11 nitrogen and oxygen atoms in total. The van der Waals surface area contributed by atoms with Crippen molar-refractivity contribution in [1.82, 2.24) is 9.21 Å². The molecule has 1 aromatic heterocycles. The molecule has 0 spiro atoms. The molecule has 1 amide bonds. The highest BCUT2D eigenvalue weighted by atomic mass is 35.5. The molecule has 47 heavy (non-hydrogen) atoms. The molecule has 15 heteroatoms. The summed E-state index contributed by atoms with van der Waals surface area (Å²) in [6.07, 6.45) is 1.30. The molecule has 0 saturated carbocycles. The first-order valence-electron chi connectivity index (χ1n) is 15.3. The normalized spacial score (nSPS) is 21.0. The van der Waals surface area contributed by atoms with E-state index in [4.69, 9.17) is 21.1 Å². The average molecular weight is 728 g/mol. The molecule has 0 bridgehead atoms. The average Bonchev–Trinajstić information content (AvgIpc) is 3.59. The fourth-order valence-electron chi connectivity index (χ4n) is 5.19. The van der Waals surface area contributed by atoms with Gasteiger partial charge in [0.05, 0.1) is 35.3 Å². The Labute approximate surface area is 286 Å². The van der Waals surface area contributed by atoms with Gasteiger partial charge < -0.3 is 19.5 Å². The third kappa shape index (κ3) is 9.46. The highest BCUT2D eigenvalue weighted by Gasteiger charge is 2.33. The van der Waals surface area contributed by atoms with Gasteiger partial charge in [0.1, 0.15) is 9.96 Å². The van der Waals surface area contributed by atoms with Crippen LogP contribution >= 0.6 is 22.9 Å². The van der Waals surface area contributed by atoms with Crippen LogP contribution < -0.4 is 9.46 Å². The number of rotatable bonds is 9. The second-order valence-corrected chi connectivity index (χ2v) is 17.1. The number of carbonyl (C=O) groups excluding carboxylic acids is 1. The maximum Gasteiger partial charge on any atom is 0.261 e. The van der Waals surface area contributed by atoms with Crippen LogP contribution in [0.2, 0.25) is 5.02 Å². The van der Waals surface area contributed by atoms with Gasteiger partial charge in [-0.2, -0.15) is 4.31 Å². The number of carbonyl (C=O) groups is 1. The number of benzene rings is 2. The smallest absolute Gasteiger partial charge is 0.261 e. The van der Waals surface area contributed by atoms with Gasteiger partial charge in [-0.1, -0.05) is 24.6 Å². The number of hydrogen-bond donors (Lipinski definition) is 2. The minimum atomic E-state index is -4.01. The zero-order valence-electron chi connectivity index (χ0n) is 26.8. The summed E-state index contributed by atoms with van der Waals surface area (Å²) in [5.41, 5.74) is 0.267. The second kappa shape index (κ2) is 16.1. The number of sulfonamides is 2. The number of amides is 1. The van der Waals surface area contributed by atoms with E-state index in [1.54, 1.807) is 30.5 Å². The minimum absolute atomic E-state index is 0.000335. The molecule has 2 N–H and O–H groups in total. The number of likely N-dealkylation sites (N-methyl/N-ethyl adjacent to an activating group) is 1. The van der Waals surface area contributed by atoms with Gasteiger partial charge in [0.25, 0.3) is 26.0 Å². The predicted octanol–water partition coefficient (Wildman–Crippen LogP) is 5.32. The summed E-state index contributed by atoms with van der Waals surface area (Å²) in [4.78, 5) is 15.8. The first-order valence-corrected chi connectivity index (χ1v) is 19.5. The Balaban J connectivity index is 1.68. The van der Waals surface area contributed by atoms with E-state index in [0.29, 0.717) is 24.5 Å². The van der Waals surface area contributed by atoms with Crippen LogP contribution in [-0.2, 0) is 24.8 Å². The number of halogens is 1. The predicted molar refractivity (Wildman–Crippen MR) is 183 cm³/mol. The summed E-state index contributed by atoms with van der Waals surface area (Å²) in [5, 5.41) is 12.3. The molecule has 0 radical (unpaired) electrons. The maximum absolute atomic E-state index is 14.3. The van der Waals surface area contributed by atoms with Crippen molar-refractivity contribution in [3.05, 3.63) is 70.6 Å². The van der Waals surface area contributed by atoms with Crippen molar-refractivity contribution in [2.45, 2.75) is 67.4 Å². The quantitative estimate of drug-likeness (QED) is 0.302. The number of hydrogen-bond acceptors (Lipinski definition) is 9. The zero-order chi connectivity index (χ0) is 34.4. The van der Waals surface area contributed by atoms with Gasteiger partial charge in [-0.3, -0.25) is 9.52 Å². The molecule has 2 aromatic carbocycles. The number of fused-ring (bicyclic) bond motifs is 1. The van der Waals surface area contributed by atoms with Crippen molar-refractivity contribution in [3.63, 3.8) is 0 Å². The van der Waals surface area contributed by atoms with Crippen LogP contribution in [0, 0.1) is 5.92 Å². The number of ether oxygens (including phenoxy) is 2. The van der Waals surface area contributed by atoms with Crippen molar-refractivity contribution < 1.29 is 36.2 Å². The first-order chi connectivity index (χ1) is 22.2. The summed E-state index contributed by atoms with van der Waals surface area (Å²) in [7, 11) is -6.24. The number of nitrogens with one attached hydrogen (secondary N) is 1. The molecule has 0 fully saturated rings. The van der Waals surface area contributed by atoms with Gasteiger partial charge >= 0.3 is 0 Å². The highest BCUT2D eigenvalue weighted by Crippen LogP contribution is 2.30. The summed E-state index contributed by atoms with van der Waals surface area (Å²) in [5.74, 6) is -0.554. The number of aliphatic hydroxyl groups is 1. The molecule has 258 valence electrons. The van der Waals surface area contributed by atoms with E-state index in [1.165, 1.54) is 52.7 Å². The fourth-order valence-corrected chi connectivity index (χ4v) is 8.75. The number of nitrogens with zero attached hydrogens (tertiary/aromatic N) is 2. The Morgan fingerprint density at radius 2 is 1.83 bits per heavy atom. The van der Waals surface area contributed by atoms with Crippen LogP contribution in [0.15, 0.2) is 69.1 Å². The number of anilines is 1. The van der Waals surface area contributed by atoms with Crippen molar-refractivity contribution >= 4 is 54.6 Å². The Bertz CT molecular complexity index is 1700. The molecular formula is C32H42ClN3O8S3. The third-order valence-corrected chi connectivity index (χ3v) is 12.9. The molecule has 0 saturated heterocycles. The Morgan fingerprint density at radius 3 is 2.49 bits per heavy atom. The molecule has 3 aromatic rings. The maximum atomic E-state index is 14.3. The fraction of sp³-hybridized carbons (Fsp3) is 0.469. The SMILES string of the molecule is C[C@H](CO)N1C[C@H](C)[C@@H](CN(C)S(=O)(=O)c2cccs2)OCCCC[C@H](C)Oc2ccc(NS(=O)(=O)c3ccc(Cl)cc3)cc2C1=O. The van der Waals surface area contributed by atoms with Gasteiger partial charge in [0.15, 0.2) is 0 Å². The van der Waals surface area contributed by atoms with Gasteiger partial charge in [-0.05, 0) is 87.0 Å². The lowest BCUT2D eigenvalue weighted by atomic mass is 10.0. The lowest BCUT2D eigenvalue weighted by Gasteiger charge is -2.35. The van der Waals surface area contributed by atoms with Gasteiger partial charge in [-0.25, -0.2) is 16.8 Å². The first kappa shape index (κ1) is 37.1. The van der Waals surface area contributed by atoms with E-state index < -0.39 is 38.1 Å². The molecule has 4 rings (SSSR count). The summed E-state index contributed by atoms with van der Waals surface area (Å²) >= 11 is 7.07. The van der Waals surface area contributed by atoms with E-state index in [1.807, 2.05) is 13.8 Å². The van der Waals surface area contributed by atoms with E-state index in [0.717, 1.165) is 17.8 Å². The van der Waals surface area contributed by atoms with Gasteiger partial charge in [0.2, 0.25) is 0 Å². The van der Waals surface area contributed by atoms with Gasteiger partial charge in [-0.15, -0.1) is 11.3 Å². The van der Waals surface area contributed by atoms with E-state index >= 15 is 0 Å². The monoisotopic (exact) mass is 727 g/mol. The lowest BCUT2D eigenvalue weighted by molar-refractivity contribution is -0.00832. The minimum Gasteiger partial charge on any atom is -0.490 e. The van der Waals surface area contributed by atoms with E-state index in [9.17, 15) is 26.7 Å². The van der Waals surface area contributed by atoms with E-state index in [-0.39, 0.29) is 57.8 Å². The standard InChI is InChI=1S/C32H42ClN3O8S3/c1-22-19-36(23(2)21-37)32(38)28-18-26(34-46(39,40)27-13-10-25(33)11-14-27)12-15-29(28)44-24(3)8-5-6-16-43-30(22)20-35(4)47(41,42)31-9-7-17-45-31/h7,9-15,17-18,22-24,30,34,37H,5-6,8,16,19-21H2,1-4H3/t22-,23+,24-,30+/m0/s1. The number of thiophene rings is 1. The van der Waals surface area contributed by atoms with Gasteiger partial charge in [0, 0.05) is 43.4 Å². The molecule has 1 aliphatic heterocycles. The van der Waals surface area contributed by atoms with Crippen LogP contribution in [0.1, 0.15) is 50.4 Å². The summed E-state index contributed by atoms with van der Waals surface area (Å²) in [6, 6.07) is 12.8. The third-order valence-electron chi connectivity index (χ3n) is 8.02. The summed E-state index contributed by atoms with van der Waals surface area (Å²) < 4.78 is 69.3. The topological polar surface area (TPSA) is 143 Å². The van der Waals surface area contributed by atoms with Crippen LogP contribution in [-0.4, -0.2) is 88.7 Å². The van der Waals surface area contributed by atoms with Crippen molar-refractivity contribution in [3.8, 4) is 5.75 Å². The molecule has 2 heterocycles.